The van der Waals surface area contributed by atoms with Crippen LogP contribution < -0.4 is 15.8 Å². The number of nitrogens with two attached hydrogens (primary N) is 1. The van der Waals surface area contributed by atoms with Crippen LogP contribution in [0.4, 0.5) is 0 Å². The summed E-state index contributed by atoms with van der Waals surface area (Å²) in [6.45, 7) is 8.14. The lowest BCUT2D eigenvalue weighted by Crippen LogP contribution is -2.52. The molecular weight excluding hydrogens is 529 g/mol. The Morgan fingerprint density at radius 2 is 1.88 bits per heavy atom. The molecule has 0 aliphatic carbocycles. The van der Waals surface area contributed by atoms with E-state index in [1.54, 1.807) is 0 Å². The normalized spacial score (nSPS) is 14.7. The molecule has 7 nitrogen and oxygen atoms in total. The number of nitrogens with one attached hydrogen (secondary N) is 1. The highest BCUT2D eigenvalue weighted by molar-refractivity contribution is 14.0. The number of guanidine groups is 1. The molecule has 0 saturated carbocycles. The van der Waals surface area contributed by atoms with Gasteiger partial charge in [0.2, 0.25) is 0 Å². The first-order valence-electron chi connectivity index (χ1n) is 11.1. The second kappa shape index (κ2) is 14.5. The number of carbonyl (C=O) groups excluding carboxylic acids is 1. The van der Waals surface area contributed by atoms with E-state index in [1.807, 2.05) is 30.3 Å². The van der Waals surface area contributed by atoms with Gasteiger partial charge in [0.25, 0.3) is 5.91 Å². The Labute approximate surface area is 213 Å². The monoisotopic (exact) mass is 563 g/mol. The van der Waals surface area contributed by atoms with E-state index in [2.05, 4.69) is 58.5 Å². The van der Waals surface area contributed by atoms with Gasteiger partial charge in [-0.05, 0) is 30.2 Å². The van der Waals surface area contributed by atoms with Crippen LogP contribution in [0.3, 0.4) is 0 Å². The van der Waals surface area contributed by atoms with Crippen molar-refractivity contribution in [2.75, 3.05) is 45.9 Å². The lowest BCUT2D eigenvalue weighted by molar-refractivity contribution is -0.119. The minimum Gasteiger partial charge on any atom is -0.484 e. The molecule has 0 atom stereocenters. The molecule has 1 aliphatic heterocycles. The summed E-state index contributed by atoms with van der Waals surface area (Å²) in [7, 11) is 0. The van der Waals surface area contributed by atoms with Gasteiger partial charge in [0, 0.05) is 39.3 Å². The van der Waals surface area contributed by atoms with Gasteiger partial charge >= 0.3 is 0 Å². The summed E-state index contributed by atoms with van der Waals surface area (Å²) in [5.41, 5.74) is 7.40. The number of benzene rings is 2. The third-order valence-corrected chi connectivity index (χ3v) is 5.17. The van der Waals surface area contributed by atoms with Crippen LogP contribution in [0.1, 0.15) is 18.1 Å². The smallest absolute Gasteiger partial charge is 0.255 e. The van der Waals surface area contributed by atoms with Crippen molar-refractivity contribution in [3.63, 3.8) is 0 Å². The number of hydrogen-bond donors (Lipinski definition) is 2. The highest BCUT2D eigenvalue weighted by Crippen LogP contribution is 2.14. The number of aliphatic imine (C=N–C) groups is 1. The molecule has 2 aromatic carbocycles. The first kappa shape index (κ1) is 26.7. The number of carbonyl (C=O) groups is 1. The fourth-order valence-corrected chi connectivity index (χ4v) is 3.52. The van der Waals surface area contributed by atoms with Gasteiger partial charge in [0.05, 0.1) is 6.54 Å². The number of nitrogens with zero attached hydrogens (tertiary/aromatic N) is 3. The molecule has 0 spiro atoms. The van der Waals surface area contributed by atoms with Crippen molar-refractivity contribution in [1.82, 2.24) is 15.1 Å². The summed E-state index contributed by atoms with van der Waals surface area (Å²) in [5, 5.41) is 3.41. The summed E-state index contributed by atoms with van der Waals surface area (Å²) in [6.07, 6.45) is 4.41. The molecule has 33 heavy (non-hydrogen) atoms. The Hall–Kier alpha value is -2.59. The number of amides is 1. The summed E-state index contributed by atoms with van der Waals surface area (Å²) in [4.78, 5) is 20.5. The van der Waals surface area contributed by atoms with Crippen LogP contribution in [0.5, 0.6) is 5.75 Å². The van der Waals surface area contributed by atoms with Gasteiger partial charge in [-0.2, -0.15) is 0 Å². The molecule has 3 N–H and O–H groups in total. The van der Waals surface area contributed by atoms with Gasteiger partial charge in [0.1, 0.15) is 5.75 Å². The van der Waals surface area contributed by atoms with Crippen molar-refractivity contribution >= 4 is 41.9 Å². The molecule has 0 aromatic heterocycles. The van der Waals surface area contributed by atoms with Crippen LogP contribution in [0, 0.1) is 0 Å². The summed E-state index contributed by atoms with van der Waals surface area (Å²) < 4.78 is 5.39. The highest BCUT2D eigenvalue weighted by Gasteiger charge is 2.18. The Kier molecular flexibility index (Phi) is 11.7. The second-order valence-corrected chi connectivity index (χ2v) is 7.67. The van der Waals surface area contributed by atoms with Crippen molar-refractivity contribution in [2.45, 2.75) is 13.5 Å². The Morgan fingerprint density at radius 1 is 1.12 bits per heavy atom. The molecule has 8 heteroatoms. The predicted molar refractivity (Wildman–Crippen MR) is 145 cm³/mol. The third kappa shape index (κ3) is 9.43. The van der Waals surface area contributed by atoms with Crippen LogP contribution in [-0.4, -0.2) is 67.5 Å². The summed E-state index contributed by atoms with van der Waals surface area (Å²) in [6, 6.07) is 18.0. The molecule has 1 heterocycles. The SMILES string of the molecule is CCNC(=NCc1cccc(OCC(N)=O)c1)N1CCN(C/C=C/c2ccccc2)CC1.I. The van der Waals surface area contributed by atoms with Crippen LogP contribution in [0.25, 0.3) is 6.08 Å². The zero-order valence-electron chi connectivity index (χ0n) is 19.2. The molecule has 178 valence electrons. The third-order valence-electron chi connectivity index (χ3n) is 5.17. The quantitative estimate of drug-likeness (QED) is 0.279. The van der Waals surface area contributed by atoms with Crippen molar-refractivity contribution in [3.05, 3.63) is 71.8 Å². The molecule has 1 amide bonds. The maximum absolute atomic E-state index is 10.9. The zero-order valence-corrected chi connectivity index (χ0v) is 21.5. The Bertz CT molecular complexity index is 912. The molecule has 1 saturated heterocycles. The highest BCUT2D eigenvalue weighted by atomic mass is 127. The first-order chi connectivity index (χ1) is 15.6. The number of halogens is 1. The topological polar surface area (TPSA) is 83.2 Å². The van der Waals surface area contributed by atoms with E-state index >= 15 is 0 Å². The lowest BCUT2D eigenvalue weighted by Gasteiger charge is -2.36. The number of ether oxygens (including phenoxy) is 1. The molecule has 0 bridgehead atoms. The van der Waals surface area contributed by atoms with Crippen LogP contribution in [0.15, 0.2) is 65.7 Å². The zero-order chi connectivity index (χ0) is 22.6. The number of piperazine rings is 1. The van der Waals surface area contributed by atoms with Crippen LogP contribution >= 0.6 is 24.0 Å². The van der Waals surface area contributed by atoms with Crippen LogP contribution in [0.2, 0.25) is 0 Å². The fourth-order valence-electron chi connectivity index (χ4n) is 3.52. The molecule has 1 aliphatic rings. The van der Waals surface area contributed by atoms with Gasteiger partial charge in [-0.1, -0.05) is 54.6 Å². The van der Waals surface area contributed by atoms with Gasteiger partial charge in [0.15, 0.2) is 12.6 Å². The van der Waals surface area contributed by atoms with Crippen molar-refractivity contribution < 1.29 is 9.53 Å². The van der Waals surface area contributed by atoms with E-state index in [0.29, 0.717) is 12.3 Å². The maximum Gasteiger partial charge on any atom is 0.255 e. The minimum atomic E-state index is -0.488. The molecular formula is C25H34IN5O2. The van der Waals surface area contributed by atoms with E-state index in [-0.39, 0.29) is 30.6 Å². The van der Waals surface area contributed by atoms with Crippen molar-refractivity contribution in [1.29, 1.82) is 0 Å². The van der Waals surface area contributed by atoms with Crippen molar-refractivity contribution in [2.24, 2.45) is 10.7 Å². The minimum absolute atomic E-state index is 0. The summed E-state index contributed by atoms with van der Waals surface area (Å²) in [5.74, 6) is 1.06. The number of primary amides is 1. The van der Waals surface area contributed by atoms with E-state index < -0.39 is 5.91 Å². The van der Waals surface area contributed by atoms with E-state index in [4.69, 9.17) is 15.5 Å². The predicted octanol–water partition coefficient (Wildman–Crippen LogP) is 2.97. The standard InChI is InChI=1S/C25H33N5O2.HI/c1-2-27-25(28-19-22-10-6-12-23(18-22)32-20-24(26)31)30-16-14-29(15-17-30)13-7-11-21-8-4-3-5-9-21;/h3-12,18H,2,13-17,19-20H2,1H3,(H2,26,31)(H,27,28);1H/b11-7+;. The second-order valence-electron chi connectivity index (χ2n) is 7.67. The molecule has 3 rings (SSSR count). The number of hydrogen-bond acceptors (Lipinski definition) is 4. The van der Waals surface area contributed by atoms with Crippen molar-refractivity contribution in [3.8, 4) is 5.75 Å². The van der Waals surface area contributed by atoms with E-state index in [9.17, 15) is 4.79 Å². The summed E-state index contributed by atoms with van der Waals surface area (Å²) >= 11 is 0. The van der Waals surface area contributed by atoms with Gasteiger partial charge in [-0.3, -0.25) is 9.69 Å². The average Bonchev–Trinajstić information content (AvgIpc) is 2.82. The molecule has 2 aromatic rings. The van der Waals surface area contributed by atoms with Crippen LogP contribution in [-0.2, 0) is 11.3 Å². The van der Waals surface area contributed by atoms with Gasteiger partial charge < -0.3 is 20.7 Å². The molecule has 0 unspecified atom stereocenters. The Morgan fingerprint density at radius 3 is 2.58 bits per heavy atom. The Balaban J connectivity index is 0.00000385. The lowest BCUT2D eigenvalue weighted by atomic mass is 10.2. The average molecular weight is 563 g/mol. The molecule has 1 fully saturated rings. The molecule has 0 radical (unpaired) electrons. The van der Waals surface area contributed by atoms with Gasteiger partial charge in [-0.25, -0.2) is 4.99 Å². The fraction of sp³-hybridized carbons (Fsp3) is 0.360. The maximum atomic E-state index is 10.9. The largest absolute Gasteiger partial charge is 0.484 e. The van der Waals surface area contributed by atoms with E-state index in [0.717, 1.165) is 50.8 Å². The number of rotatable bonds is 9. The first-order valence-corrected chi connectivity index (χ1v) is 11.1. The van der Waals surface area contributed by atoms with Gasteiger partial charge in [-0.15, -0.1) is 24.0 Å². The van der Waals surface area contributed by atoms with E-state index in [1.165, 1.54) is 5.56 Å².